The third kappa shape index (κ3) is 6.50. The van der Waals surface area contributed by atoms with Gasteiger partial charge in [-0.3, -0.25) is 0 Å². The lowest BCUT2D eigenvalue weighted by Gasteiger charge is -2.02. The Morgan fingerprint density at radius 3 is 1.53 bits per heavy atom. The Labute approximate surface area is 93.7 Å². The molecule has 0 saturated carbocycles. The largest absolute Gasteiger partial charge is 0.0991 e. The first-order valence-electron chi connectivity index (χ1n) is 5.17. The maximum atomic E-state index is 3.71. The van der Waals surface area contributed by atoms with E-state index in [1.165, 1.54) is 11.1 Å². The molecule has 0 aromatic carbocycles. The number of hydrogen-bond donors (Lipinski definition) is 0. The summed E-state index contributed by atoms with van der Waals surface area (Å²) in [5.41, 5.74) is 2.50. The van der Waals surface area contributed by atoms with Gasteiger partial charge in [-0.05, 0) is 31.4 Å². The minimum absolute atomic E-state index is 0.909. The van der Waals surface area contributed by atoms with Gasteiger partial charge in [0.15, 0.2) is 0 Å². The Bertz CT molecular complexity index is 277. The molecule has 80 valence electrons. The van der Waals surface area contributed by atoms with Crippen LogP contribution in [0.25, 0.3) is 0 Å². The highest BCUT2D eigenvalue weighted by molar-refractivity contribution is 5.34. The Hall–Kier alpha value is -1.56. The monoisotopic (exact) mass is 200 g/mol. The zero-order valence-corrected chi connectivity index (χ0v) is 9.74. The van der Waals surface area contributed by atoms with Gasteiger partial charge in [0.25, 0.3) is 0 Å². The summed E-state index contributed by atoms with van der Waals surface area (Å²) in [5.74, 6) is 0. The molecule has 0 spiro atoms. The Morgan fingerprint density at radius 2 is 1.27 bits per heavy atom. The van der Waals surface area contributed by atoms with E-state index >= 15 is 0 Å². The molecule has 0 aliphatic heterocycles. The predicted octanol–water partition coefficient (Wildman–Crippen LogP) is 4.75. The Balaban J connectivity index is 4.76. The van der Waals surface area contributed by atoms with Gasteiger partial charge < -0.3 is 0 Å². The van der Waals surface area contributed by atoms with Gasteiger partial charge in [-0.2, -0.15) is 0 Å². The quantitative estimate of drug-likeness (QED) is 0.543. The topological polar surface area (TPSA) is 0 Å². The maximum absolute atomic E-state index is 3.71. The Morgan fingerprint density at radius 1 is 0.867 bits per heavy atom. The van der Waals surface area contributed by atoms with Crippen LogP contribution in [0, 0.1) is 0 Å². The van der Waals surface area contributed by atoms with Gasteiger partial charge in [0.1, 0.15) is 0 Å². The second-order valence-electron chi connectivity index (χ2n) is 3.13. The van der Waals surface area contributed by atoms with Crippen molar-refractivity contribution in [3.8, 4) is 0 Å². The first kappa shape index (κ1) is 13.4. The normalized spacial score (nSPS) is 13.7. The van der Waals surface area contributed by atoms with E-state index in [0.29, 0.717) is 0 Å². The van der Waals surface area contributed by atoms with Crippen molar-refractivity contribution in [2.75, 3.05) is 0 Å². The molecule has 0 aromatic rings. The second kappa shape index (κ2) is 9.01. The lowest BCUT2D eigenvalue weighted by Crippen LogP contribution is -1.82. The van der Waals surface area contributed by atoms with Crippen LogP contribution in [0.5, 0.6) is 0 Å². The zero-order valence-electron chi connectivity index (χ0n) is 9.74. The molecule has 0 rings (SSSR count). The van der Waals surface area contributed by atoms with Gasteiger partial charge in [-0.1, -0.05) is 61.8 Å². The molecule has 0 heterocycles. The fraction of sp³-hybridized carbons (Fsp3) is 0.200. The lowest BCUT2D eigenvalue weighted by molar-refractivity contribution is 1.20. The number of allylic oxidation sites excluding steroid dienone is 10. The average Bonchev–Trinajstić information content (AvgIpc) is 2.19. The summed E-state index contributed by atoms with van der Waals surface area (Å²) in [6.07, 6.45) is 16.9. The average molecular weight is 200 g/mol. The van der Waals surface area contributed by atoms with Crippen molar-refractivity contribution in [3.05, 3.63) is 72.9 Å². The first-order chi connectivity index (χ1) is 7.28. The Kier molecular flexibility index (Phi) is 8.08. The van der Waals surface area contributed by atoms with E-state index in [2.05, 4.69) is 25.3 Å². The summed E-state index contributed by atoms with van der Waals surface area (Å²) in [5, 5.41) is 0. The van der Waals surface area contributed by atoms with Gasteiger partial charge in [-0.15, -0.1) is 0 Å². The highest BCUT2D eigenvalue weighted by Gasteiger charge is 1.94. The summed E-state index contributed by atoms with van der Waals surface area (Å²) < 4.78 is 0. The SMILES string of the molecule is C=C/C=C(\C=C/C)CC(/C=C\C)=C/C=C. The van der Waals surface area contributed by atoms with Crippen molar-refractivity contribution in [3.63, 3.8) is 0 Å². The molecular formula is C15H20. The molecule has 0 nitrogen and oxygen atoms in total. The summed E-state index contributed by atoms with van der Waals surface area (Å²) in [6, 6.07) is 0. The van der Waals surface area contributed by atoms with Crippen LogP contribution in [-0.2, 0) is 0 Å². The number of hydrogen-bond acceptors (Lipinski definition) is 0. The van der Waals surface area contributed by atoms with Gasteiger partial charge in [0.2, 0.25) is 0 Å². The van der Waals surface area contributed by atoms with Gasteiger partial charge >= 0.3 is 0 Å². The minimum atomic E-state index is 0.909. The van der Waals surface area contributed by atoms with Gasteiger partial charge in [-0.25, -0.2) is 0 Å². The van der Waals surface area contributed by atoms with Crippen LogP contribution in [0.3, 0.4) is 0 Å². The molecule has 0 aliphatic rings. The van der Waals surface area contributed by atoms with Crippen molar-refractivity contribution < 1.29 is 0 Å². The molecule has 0 fully saturated rings. The molecular weight excluding hydrogens is 180 g/mol. The van der Waals surface area contributed by atoms with Crippen molar-refractivity contribution in [1.82, 2.24) is 0 Å². The van der Waals surface area contributed by atoms with Crippen LogP contribution < -0.4 is 0 Å². The van der Waals surface area contributed by atoms with E-state index < -0.39 is 0 Å². The molecule has 15 heavy (non-hydrogen) atoms. The van der Waals surface area contributed by atoms with Crippen LogP contribution in [0.4, 0.5) is 0 Å². The van der Waals surface area contributed by atoms with Crippen LogP contribution in [0.15, 0.2) is 72.9 Å². The van der Waals surface area contributed by atoms with Crippen LogP contribution in [0.2, 0.25) is 0 Å². The third-order valence-corrected chi connectivity index (χ3v) is 1.83. The zero-order chi connectivity index (χ0) is 11.5. The van der Waals surface area contributed by atoms with Gasteiger partial charge in [0, 0.05) is 0 Å². The first-order valence-corrected chi connectivity index (χ1v) is 5.17. The third-order valence-electron chi connectivity index (χ3n) is 1.83. The van der Waals surface area contributed by atoms with E-state index in [4.69, 9.17) is 0 Å². The van der Waals surface area contributed by atoms with Crippen LogP contribution in [-0.4, -0.2) is 0 Å². The van der Waals surface area contributed by atoms with E-state index in [1.54, 1.807) is 0 Å². The molecule has 0 N–H and O–H groups in total. The van der Waals surface area contributed by atoms with Crippen molar-refractivity contribution >= 4 is 0 Å². The van der Waals surface area contributed by atoms with E-state index in [0.717, 1.165) is 6.42 Å². The maximum Gasteiger partial charge on any atom is -0.00260 e. The van der Waals surface area contributed by atoms with Crippen molar-refractivity contribution in [1.29, 1.82) is 0 Å². The van der Waals surface area contributed by atoms with Crippen LogP contribution >= 0.6 is 0 Å². The smallest absolute Gasteiger partial charge is 0.00260 e. The fourth-order valence-electron chi connectivity index (χ4n) is 1.31. The molecule has 0 aromatic heterocycles. The van der Waals surface area contributed by atoms with Crippen molar-refractivity contribution in [2.24, 2.45) is 0 Å². The molecule has 0 bridgehead atoms. The van der Waals surface area contributed by atoms with Crippen molar-refractivity contribution in [2.45, 2.75) is 20.3 Å². The fourth-order valence-corrected chi connectivity index (χ4v) is 1.31. The van der Waals surface area contributed by atoms with E-state index in [9.17, 15) is 0 Å². The summed E-state index contributed by atoms with van der Waals surface area (Å²) in [7, 11) is 0. The summed E-state index contributed by atoms with van der Waals surface area (Å²) in [6.45, 7) is 11.5. The molecule has 0 amide bonds. The van der Waals surface area contributed by atoms with E-state index in [1.807, 2.05) is 50.3 Å². The summed E-state index contributed by atoms with van der Waals surface area (Å²) in [4.78, 5) is 0. The van der Waals surface area contributed by atoms with Crippen LogP contribution in [0.1, 0.15) is 20.3 Å². The number of rotatable bonds is 6. The molecule has 0 unspecified atom stereocenters. The highest BCUT2D eigenvalue weighted by Crippen LogP contribution is 2.14. The molecule has 0 heteroatoms. The molecule has 0 saturated heterocycles. The predicted molar refractivity (Wildman–Crippen MR) is 70.8 cm³/mol. The van der Waals surface area contributed by atoms with E-state index in [-0.39, 0.29) is 0 Å². The molecule has 0 aliphatic carbocycles. The summed E-state index contributed by atoms with van der Waals surface area (Å²) >= 11 is 0. The lowest BCUT2D eigenvalue weighted by atomic mass is 10.0. The standard InChI is InChI=1S/C15H20/c1-5-9-14(10-6-2)13-15(11-7-3)12-8-4/h5-12H,1,3,13H2,2,4H3/b10-6-,12-8-,14-9+,15-11+. The minimum Gasteiger partial charge on any atom is -0.0991 e. The molecule has 0 atom stereocenters. The van der Waals surface area contributed by atoms with Gasteiger partial charge in [0.05, 0.1) is 0 Å². The second-order valence-corrected chi connectivity index (χ2v) is 3.13. The molecule has 0 radical (unpaired) electrons. The highest BCUT2D eigenvalue weighted by atomic mass is 14.0.